The number of carbonyl (C=O) groups excluding carboxylic acids is 1. The molecular formula is C16H16N2O3S. The fourth-order valence-corrected chi connectivity index (χ4v) is 3.09. The molecule has 5 nitrogen and oxygen atoms in total. The van der Waals surface area contributed by atoms with Gasteiger partial charge in [-0.2, -0.15) is 0 Å². The predicted octanol–water partition coefficient (Wildman–Crippen LogP) is 2.84. The zero-order valence-corrected chi connectivity index (χ0v) is 12.6. The molecule has 1 aliphatic carbocycles. The Morgan fingerprint density at radius 1 is 0.909 bits per heavy atom. The normalized spacial score (nSPS) is 14.4. The van der Waals surface area contributed by atoms with E-state index in [0.717, 1.165) is 12.8 Å². The Morgan fingerprint density at radius 2 is 1.55 bits per heavy atom. The topological polar surface area (TPSA) is 75.3 Å². The third kappa shape index (κ3) is 3.46. The molecule has 2 aromatic carbocycles. The van der Waals surface area contributed by atoms with Gasteiger partial charge < -0.3 is 5.32 Å². The number of rotatable bonds is 5. The second-order valence-corrected chi connectivity index (χ2v) is 6.94. The van der Waals surface area contributed by atoms with Gasteiger partial charge in [-0.25, -0.2) is 8.42 Å². The third-order valence-corrected chi connectivity index (χ3v) is 4.80. The third-order valence-electron chi connectivity index (χ3n) is 3.41. The molecule has 3 rings (SSSR count). The van der Waals surface area contributed by atoms with Crippen molar-refractivity contribution in [3.63, 3.8) is 0 Å². The van der Waals surface area contributed by atoms with Gasteiger partial charge in [0.15, 0.2) is 0 Å². The van der Waals surface area contributed by atoms with Gasteiger partial charge in [0.1, 0.15) is 0 Å². The van der Waals surface area contributed by atoms with Crippen LogP contribution in [-0.4, -0.2) is 14.3 Å². The molecular weight excluding hydrogens is 300 g/mol. The molecule has 1 aliphatic rings. The molecule has 1 amide bonds. The summed E-state index contributed by atoms with van der Waals surface area (Å²) in [6, 6.07) is 14.8. The molecule has 0 radical (unpaired) electrons. The van der Waals surface area contributed by atoms with E-state index >= 15 is 0 Å². The molecule has 0 atom stereocenters. The average molecular weight is 316 g/mol. The lowest BCUT2D eigenvalue weighted by molar-refractivity contribution is -0.117. The zero-order valence-electron chi connectivity index (χ0n) is 11.8. The van der Waals surface area contributed by atoms with Crippen molar-refractivity contribution in [3.05, 3.63) is 54.6 Å². The molecule has 0 aliphatic heterocycles. The van der Waals surface area contributed by atoms with Crippen molar-refractivity contribution in [1.29, 1.82) is 0 Å². The molecule has 0 heterocycles. The number of sulfonamides is 1. The van der Waals surface area contributed by atoms with Crippen molar-refractivity contribution in [2.24, 2.45) is 5.92 Å². The van der Waals surface area contributed by atoms with Crippen molar-refractivity contribution in [3.8, 4) is 0 Å². The molecule has 2 N–H and O–H groups in total. The van der Waals surface area contributed by atoms with Crippen LogP contribution in [0.15, 0.2) is 59.5 Å². The van der Waals surface area contributed by atoms with Crippen LogP contribution in [0, 0.1) is 5.92 Å². The van der Waals surface area contributed by atoms with Gasteiger partial charge in [-0.1, -0.05) is 18.2 Å². The Bertz CT molecular complexity index is 767. The SMILES string of the molecule is O=C(Nc1ccc(S(=O)(=O)Nc2ccccc2)cc1)C1CC1. The van der Waals surface area contributed by atoms with Crippen LogP contribution in [0.4, 0.5) is 11.4 Å². The highest BCUT2D eigenvalue weighted by Gasteiger charge is 2.29. The van der Waals surface area contributed by atoms with Gasteiger partial charge in [-0.05, 0) is 49.2 Å². The van der Waals surface area contributed by atoms with Gasteiger partial charge in [-0.3, -0.25) is 9.52 Å². The van der Waals surface area contributed by atoms with Crippen LogP contribution in [0.5, 0.6) is 0 Å². The highest BCUT2D eigenvalue weighted by molar-refractivity contribution is 7.92. The Balaban J connectivity index is 1.72. The minimum atomic E-state index is -3.63. The molecule has 1 fully saturated rings. The monoisotopic (exact) mass is 316 g/mol. The molecule has 0 unspecified atom stereocenters. The number of hydrogen-bond donors (Lipinski definition) is 2. The molecule has 1 saturated carbocycles. The summed E-state index contributed by atoms with van der Waals surface area (Å²) in [7, 11) is -3.63. The average Bonchev–Trinajstić information content (AvgIpc) is 3.33. The number of amides is 1. The highest BCUT2D eigenvalue weighted by atomic mass is 32.2. The first-order chi connectivity index (χ1) is 10.5. The molecule has 6 heteroatoms. The van der Waals surface area contributed by atoms with Gasteiger partial charge in [-0.15, -0.1) is 0 Å². The van der Waals surface area contributed by atoms with Crippen molar-refractivity contribution in [1.82, 2.24) is 0 Å². The molecule has 2 aromatic rings. The summed E-state index contributed by atoms with van der Waals surface area (Å²) in [4.78, 5) is 11.8. The largest absolute Gasteiger partial charge is 0.326 e. The predicted molar refractivity (Wildman–Crippen MR) is 85.0 cm³/mol. The number of nitrogens with one attached hydrogen (secondary N) is 2. The van der Waals surface area contributed by atoms with Crippen LogP contribution in [0.1, 0.15) is 12.8 Å². The van der Waals surface area contributed by atoms with Crippen LogP contribution in [0.3, 0.4) is 0 Å². The van der Waals surface area contributed by atoms with Gasteiger partial charge in [0.05, 0.1) is 4.90 Å². The Hall–Kier alpha value is -2.34. The summed E-state index contributed by atoms with van der Waals surface area (Å²) in [5.74, 6) is 0.112. The van der Waals surface area contributed by atoms with E-state index in [4.69, 9.17) is 0 Å². The molecule has 22 heavy (non-hydrogen) atoms. The minimum absolute atomic E-state index is 0.00184. The summed E-state index contributed by atoms with van der Waals surface area (Å²) in [5, 5.41) is 2.78. The van der Waals surface area contributed by atoms with Crippen molar-refractivity contribution >= 4 is 27.3 Å². The molecule has 0 bridgehead atoms. The van der Waals surface area contributed by atoms with E-state index in [2.05, 4.69) is 10.0 Å². The number of benzene rings is 2. The molecule has 0 saturated heterocycles. The minimum Gasteiger partial charge on any atom is -0.326 e. The maximum absolute atomic E-state index is 12.3. The fraction of sp³-hybridized carbons (Fsp3) is 0.188. The molecule has 0 spiro atoms. The van der Waals surface area contributed by atoms with Crippen LogP contribution < -0.4 is 10.0 Å². The quantitative estimate of drug-likeness (QED) is 0.890. The van der Waals surface area contributed by atoms with Crippen molar-refractivity contribution < 1.29 is 13.2 Å². The van der Waals surface area contributed by atoms with E-state index < -0.39 is 10.0 Å². The summed E-state index contributed by atoms with van der Waals surface area (Å²) < 4.78 is 27.0. The number of anilines is 2. The van der Waals surface area contributed by atoms with E-state index in [0.29, 0.717) is 11.4 Å². The van der Waals surface area contributed by atoms with E-state index in [1.165, 1.54) is 12.1 Å². The van der Waals surface area contributed by atoms with E-state index in [9.17, 15) is 13.2 Å². The van der Waals surface area contributed by atoms with Gasteiger partial charge in [0, 0.05) is 17.3 Å². The second kappa shape index (κ2) is 5.81. The standard InChI is InChI=1S/C16H16N2O3S/c19-16(12-6-7-12)17-13-8-10-15(11-9-13)22(20,21)18-14-4-2-1-3-5-14/h1-5,8-12,18H,6-7H2,(H,17,19). The number of para-hydroxylation sites is 1. The van der Waals surface area contributed by atoms with Gasteiger partial charge >= 0.3 is 0 Å². The number of hydrogen-bond acceptors (Lipinski definition) is 3. The smallest absolute Gasteiger partial charge is 0.261 e. The first kappa shape index (κ1) is 14.6. The lowest BCUT2D eigenvalue weighted by Gasteiger charge is -2.09. The van der Waals surface area contributed by atoms with Crippen molar-refractivity contribution in [2.45, 2.75) is 17.7 Å². The molecule has 114 valence electrons. The zero-order chi connectivity index (χ0) is 15.6. The lowest BCUT2D eigenvalue weighted by Crippen LogP contribution is -2.14. The Morgan fingerprint density at radius 3 is 2.14 bits per heavy atom. The fourth-order valence-electron chi connectivity index (χ4n) is 2.03. The van der Waals surface area contributed by atoms with Gasteiger partial charge in [0.25, 0.3) is 10.0 Å². The maximum Gasteiger partial charge on any atom is 0.261 e. The van der Waals surface area contributed by atoms with E-state index in [1.54, 1.807) is 36.4 Å². The van der Waals surface area contributed by atoms with E-state index in [-0.39, 0.29) is 16.7 Å². The Labute approximate surface area is 129 Å². The van der Waals surface area contributed by atoms with E-state index in [1.807, 2.05) is 6.07 Å². The van der Waals surface area contributed by atoms with Crippen LogP contribution in [0.2, 0.25) is 0 Å². The summed E-state index contributed by atoms with van der Waals surface area (Å²) in [6.45, 7) is 0. The summed E-state index contributed by atoms with van der Waals surface area (Å²) in [5.41, 5.74) is 1.11. The van der Waals surface area contributed by atoms with Gasteiger partial charge in [0.2, 0.25) is 5.91 Å². The first-order valence-electron chi connectivity index (χ1n) is 7.03. The summed E-state index contributed by atoms with van der Waals surface area (Å²) in [6.07, 6.45) is 1.86. The summed E-state index contributed by atoms with van der Waals surface area (Å²) >= 11 is 0. The lowest BCUT2D eigenvalue weighted by atomic mass is 10.3. The highest BCUT2D eigenvalue weighted by Crippen LogP contribution is 2.30. The van der Waals surface area contributed by atoms with Crippen LogP contribution in [-0.2, 0) is 14.8 Å². The molecule has 0 aromatic heterocycles. The van der Waals surface area contributed by atoms with Crippen LogP contribution in [0.25, 0.3) is 0 Å². The van der Waals surface area contributed by atoms with Crippen molar-refractivity contribution in [2.75, 3.05) is 10.0 Å². The van der Waals surface area contributed by atoms with Crippen LogP contribution >= 0.6 is 0 Å². The maximum atomic E-state index is 12.3. The number of carbonyl (C=O) groups is 1. The second-order valence-electron chi connectivity index (χ2n) is 5.26. The Kier molecular flexibility index (Phi) is 3.85. The first-order valence-corrected chi connectivity index (χ1v) is 8.52.